The highest BCUT2D eigenvalue weighted by Crippen LogP contribution is 2.35. The Labute approximate surface area is 176 Å². The molecule has 0 aliphatic carbocycles. The molecule has 1 N–H and O–H groups in total. The molecular weight excluding hydrogens is 405 g/mol. The van der Waals surface area contributed by atoms with Crippen LogP contribution in [0.5, 0.6) is 0 Å². The van der Waals surface area contributed by atoms with Crippen molar-refractivity contribution in [1.82, 2.24) is 0 Å². The number of hydrogen-bond acceptors (Lipinski definition) is 3. The van der Waals surface area contributed by atoms with Gasteiger partial charge in [0.1, 0.15) is 11.5 Å². The lowest BCUT2D eigenvalue weighted by Crippen LogP contribution is -2.32. The molecule has 4 nitrogen and oxygen atoms in total. The Morgan fingerprint density at radius 2 is 1.55 bits per heavy atom. The summed E-state index contributed by atoms with van der Waals surface area (Å²) in [6, 6.07) is 13.5. The smallest absolute Gasteiger partial charge is 0.282 e. The fourth-order valence-electron chi connectivity index (χ4n) is 3.38. The summed E-state index contributed by atoms with van der Waals surface area (Å²) in [5, 5.41) is 2.83. The predicted molar refractivity (Wildman–Crippen MR) is 112 cm³/mol. The van der Waals surface area contributed by atoms with Gasteiger partial charge in [-0.3, -0.25) is 9.59 Å². The van der Waals surface area contributed by atoms with Gasteiger partial charge in [-0.25, -0.2) is 18.1 Å². The van der Waals surface area contributed by atoms with E-state index in [0.29, 0.717) is 5.56 Å². The molecule has 2 amide bonds. The van der Waals surface area contributed by atoms with E-state index in [9.17, 15) is 22.8 Å². The van der Waals surface area contributed by atoms with Gasteiger partial charge in [-0.15, -0.1) is 0 Å². The molecular formula is C24H17F3N2O2. The van der Waals surface area contributed by atoms with Gasteiger partial charge >= 0.3 is 0 Å². The average molecular weight is 422 g/mol. The molecule has 3 aromatic rings. The van der Waals surface area contributed by atoms with E-state index >= 15 is 0 Å². The third-order valence-electron chi connectivity index (χ3n) is 5.13. The van der Waals surface area contributed by atoms with Crippen LogP contribution < -0.4 is 10.2 Å². The minimum absolute atomic E-state index is 0.0575. The first-order valence-corrected chi connectivity index (χ1v) is 9.44. The van der Waals surface area contributed by atoms with Crippen LogP contribution in [0.3, 0.4) is 0 Å². The summed E-state index contributed by atoms with van der Waals surface area (Å²) < 4.78 is 40.8. The van der Waals surface area contributed by atoms with Crippen LogP contribution in [-0.2, 0) is 9.59 Å². The second-order valence-electron chi connectivity index (χ2n) is 7.23. The first kappa shape index (κ1) is 20.4. The molecule has 1 aliphatic rings. The van der Waals surface area contributed by atoms with Crippen molar-refractivity contribution in [2.24, 2.45) is 0 Å². The largest absolute Gasteiger partial charge is 0.350 e. The van der Waals surface area contributed by atoms with E-state index in [4.69, 9.17) is 0 Å². The highest BCUT2D eigenvalue weighted by atomic mass is 19.2. The van der Waals surface area contributed by atoms with E-state index in [2.05, 4.69) is 5.32 Å². The molecule has 0 atom stereocenters. The van der Waals surface area contributed by atoms with Crippen molar-refractivity contribution < 1.29 is 22.8 Å². The van der Waals surface area contributed by atoms with E-state index in [1.54, 1.807) is 18.2 Å². The number of hydrogen-bond donors (Lipinski definition) is 1. The number of nitrogens with one attached hydrogen (secondary N) is 1. The van der Waals surface area contributed by atoms with Crippen molar-refractivity contribution in [3.05, 3.63) is 101 Å². The third kappa shape index (κ3) is 3.70. The molecule has 156 valence electrons. The molecule has 31 heavy (non-hydrogen) atoms. The number of nitrogens with zero attached hydrogens (tertiary/aromatic N) is 1. The van der Waals surface area contributed by atoms with Gasteiger partial charge in [-0.2, -0.15) is 0 Å². The molecule has 3 aromatic carbocycles. The summed E-state index contributed by atoms with van der Waals surface area (Å²) in [5.74, 6) is -4.25. The Balaban J connectivity index is 1.85. The number of aryl methyl sites for hydroxylation is 2. The van der Waals surface area contributed by atoms with Gasteiger partial charge in [0.05, 0.1) is 11.3 Å². The van der Waals surface area contributed by atoms with E-state index in [1.165, 1.54) is 18.2 Å². The Kier molecular flexibility index (Phi) is 5.10. The van der Waals surface area contributed by atoms with Crippen LogP contribution in [-0.4, -0.2) is 11.8 Å². The van der Waals surface area contributed by atoms with E-state index < -0.39 is 29.3 Å². The minimum atomic E-state index is -1.18. The quantitative estimate of drug-likeness (QED) is 0.594. The molecule has 0 saturated carbocycles. The lowest BCUT2D eigenvalue weighted by molar-refractivity contribution is -0.120. The summed E-state index contributed by atoms with van der Waals surface area (Å²) in [5.41, 5.74) is 2.52. The predicted octanol–water partition coefficient (Wildman–Crippen LogP) is 5.12. The van der Waals surface area contributed by atoms with E-state index in [-0.39, 0.29) is 22.6 Å². The minimum Gasteiger partial charge on any atom is -0.350 e. The highest BCUT2D eigenvalue weighted by molar-refractivity contribution is 6.46. The number of anilines is 2. The zero-order valence-electron chi connectivity index (χ0n) is 16.7. The SMILES string of the molecule is Cc1ccc(C2=C(Nc3cccc(F)c3)C(=O)N(c3ccc(F)c(F)c3)C2=O)cc1C. The number of halogens is 3. The first-order chi connectivity index (χ1) is 14.8. The highest BCUT2D eigenvalue weighted by Gasteiger charge is 2.40. The third-order valence-corrected chi connectivity index (χ3v) is 5.13. The molecule has 0 saturated heterocycles. The van der Waals surface area contributed by atoms with Gasteiger partial charge in [0.25, 0.3) is 11.8 Å². The summed E-state index contributed by atoms with van der Waals surface area (Å²) in [4.78, 5) is 27.3. The normalized spacial score (nSPS) is 13.9. The lowest BCUT2D eigenvalue weighted by atomic mass is 9.99. The van der Waals surface area contributed by atoms with Crippen LogP contribution in [0.25, 0.3) is 5.57 Å². The molecule has 0 radical (unpaired) electrons. The van der Waals surface area contributed by atoms with Crippen LogP contribution in [0.15, 0.2) is 66.4 Å². The van der Waals surface area contributed by atoms with Crippen LogP contribution in [0.1, 0.15) is 16.7 Å². The zero-order chi connectivity index (χ0) is 22.3. The van der Waals surface area contributed by atoms with Crippen LogP contribution in [0.2, 0.25) is 0 Å². The van der Waals surface area contributed by atoms with Crippen molar-refractivity contribution >= 4 is 28.8 Å². The van der Waals surface area contributed by atoms with Gasteiger partial charge in [-0.05, 0) is 60.9 Å². The van der Waals surface area contributed by atoms with Crippen molar-refractivity contribution in [3.63, 3.8) is 0 Å². The number of carbonyl (C=O) groups excluding carboxylic acids is 2. The standard InChI is InChI=1S/C24H17F3N2O2/c1-13-6-7-15(10-14(13)2)21-22(28-17-5-3-4-16(25)11-17)24(31)29(23(21)30)18-8-9-19(26)20(27)12-18/h3-12,28H,1-2H3. The zero-order valence-corrected chi connectivity index (χ0v) is 16.7. The second kappa shape index (κ2) is 7.75. The molecule has 4 rings (SSSR count). The summed E-state index contributed by atoms with van der Waals surface area (Å²) in [7, 11) is 0. The Hall–Kier alpha value is -3.87. The Morgan fingerprint density at radius 3 is 2.23 bits per heavy atom. The van der Waals surface area contributed by atoms with Gasteiger partial charge in [0.2, 0.25) is 0 Å². The maximum atomic E-state index is 13.8. The molecule has 0 aromatic heterocycles. The lowest BCUT2D eigenvalue weighted by Gasteiger charge is -2.15. The number of imide groups is 1. The van der Waals surface area contributed by atoms with Gasteiger partial charge in [0, 0.05) is 11.8 Å². The number of amides is 2. The Morgan fingerprint density at radius 1 is 0.774 bits per heavy atom. The molecule has 0 bridgehead atoms. The maximum absolute atomic E-state index is 13.8. The molecule has 1 heterocycles. The van der Waals surface area contributed by atoms with Crippen molar-refractivity contribution in [2.45, 2.75) is 13.8 Å². The first-order valence-electron chi connectivity index (χ1n) is 9.44. The summed E-state index contributed by atoms with van der Waals surface area (Å²) in [6.07, 6.45) is 0. The van der Waals surface area contributed by atoms with Gasteiger partial charge in [-0.1, -0.05) is 24.3 Å². The molecule has 7 heteroatoms. The molecule has 1 aliphatic heterocycles. The maximum Gasteiger partial charge on any atom is 0.282 e. The van der Waals surface area contributed by atoms with Crippen molar-refractivity contribution in [2.75, 3.05) is 10.2 Å². The van der Waals surface area contributed by atoms with Crippen molar-refractivity contribution in [3.8, 4) is 0 Å². The number of rotatable bonds is 4. The molecule has 0 spiro atoms. The van der Waals surface area contributed by atoms with Crippen LogP contribution in [0, 0.1) is 31.3 Å². The fraction of sp³-hybridized carbons (Fsp3) is 0.0833. The van der Waals surface area contributed by atoms with Crippen LogP contribution >= 0.6 is 0 Å². The van der Waals surface area contributed by atoms with E-state index in [0.717, 1.165) is 34.2 Å². The average Bonchev–Trinajstić information content (AvgIpc) is 2.96. The monoisotopic (exact) mass is 422 g/mol. The second-order valence-corrected chi connectivity index (χ2v) is 7.23. The van der Waals surface area contributed by atoms with Crippen LogP contribution in [0.4, 0.5) is 24.5 Å². The molecule has 0 unspecified atom stereocenters. The molecule has 0 fully saturated rings. The van der Waals surface area contributed by atoms with Gasteiger partial charge in [0.15, 0.2) is 11.6 Å². The number of carbonyl (C=O) groups is 2. The summed E-state index contributed by atoms with van der Waals surface area (Å²) >= 11 is 0. The number of benzene rings is 3. The Bertz CT molecular complexity index is 1270. The van der Waals surface area contributed by atoms with Gasteiger partial charge < -0.3 is 5.32 Å². The topological polar surface area (TPSA) is 49.4 Å². The summed E-state index contributed by atoms with van der Waals surface area (Å²) in [6.45, 7) is 3.78. The fourth-order valence-corrected chi connectivity index (χ4v) is 3.38. The van der Waals surface area contributed by atoms with Crippen molar-refractivity contribution in [1.29, 1.82) is 0 Å². The van der Waals surface area contributed by atoms with E-state index in [1.807, 2.05) is 19.9 Å².